The monoisotopic (exact) mass is 353 g/mol. The van der Waals surface area contributed by atoms with E-state index in [9.17, 15) is 4.79 Å². The van der Waals surface area contributed by atoms with Crippen molar-refractivity contribution in [1.29, 1.82) is 0 Å². The summed E-state index contributed by atoms with van der Waals surface area (Å²) in [6, 6.07) is 11.6. The maximum absolute atomic E-state index is 13.0. The standard InChI is InChI=1S/C19H19N3O2S/c1-24-15-8-9-17-16(11-15)21-19(25-17)22(18(23)13-5-4-6-13)12-14-7-2-3-10-20-14/h2-3,7-11,13H,4-6,12H2,1H3. The number of pyridine rings is 1. The molecule has 3 aromatic rings. The molecule has 4 rings (SSSR count). The number of carbonyl (C=O) groups excluding carboxylic acids is 1. The number of carbonyl (C=O) groups is 1. The summed E-state index contributed by atoms with van der Waals surface area (Å²) in [7, 11) is 1.64. The Labute approximate surface area is 150 Å². The van der Waals surface area contributed by atoms with Crippen molar-refractivity contribution in [3.8, 4) is 5.75 Å². The van der Waals surface area contributed by atoms with Crippen LogP contribution in [0, 0.1) is 5.92 Å². The van der Waals surface area contributed by atoms with Crippen LogP contribution in [0.1, 0.15) is 25.0 Å². The maximum atomic E-state index is 13.0. The molecule has 25 heavy (non-hydrogen) atoms. The van der Waals surface area contributed by atoms with Gasteiger partial charge in [0.2, 0.25) is 5.91 Å². The van der Waals surface area contributed by atoms with Gasteiger partial charge in [0.05, 0.1) is 29.6 Å². The highest BCUT2D eigenvalue weighted by Gasteiger charge is 2.32. The molecule has 1 fully saturated rings. The summed E-state index contributed by atoms with van der Waals surface area (Å²) in [5, 5.41) is 0.728. The Morgan fingerprint density at radius 1 is 1.32 bits per heavy atom. The summed E-state index contributed by atoms with van der Waals surface area (Å²) < 4.78 is 6.32. The summed E-state index contributed by atoms with van der Waals surface area (Å²) in [6.07, 6.45) is 4.82. The molecule has 0 saturated heterocycles. The molecule has 1 aliphatic rings. The maximum Gasteiger partial charge on any atom is 0.232 e. The molecular formula is C19H19N3O2S. The molecule has 0 unspecified atom stereocenters. The summed E-state index contributed by atoms with van der Waals surface area (Å²) in [5.74, 6) is 1.04. The predicted molar refractivity (Wildman–Crippen MR) is 98.9 cm³/mol. The van der Waals surface area contributed by atoms with Crippen molar-refractivity contribution in [3.05, 3.63) is 48.3 Å². The quantitative estimate of drug-likeness (QED) is 0.695. The van der Waals surface area contributed by atoms with E-state index in [1.807, 2.05) is 36.4 Å². The number of thiazole rings is 1. The van der Waals surface area contributed by atoms with Gasteiger partial charge in [-0.3, -0.25) is 14.7 Å². The molecule has 0 radical (unpaired) electrons. The Morgan fingerprint density at radius 3 is 2.88 bits per heavy atom. The van der Waals surface area contributed by atoms with Crippen LogP contribution in [0.4, 0.5) is 5.13 Å². The molecule has 0 bridgehead atoms. The number of rotatable bonds is 5. The van der Waals surface area contributed by atoms with E-state index in [-0.39, 0.29) is 11.8 Å². The second-order valence-corrected chi connectivity index (χ2v) is 7.21. The molecule has 6 heteroatoms. The molecule has 2 heterocycles. The number of aromatic nitrogens is 2. The number of hydrogen-bond acceptors (Lipinski definition) is 5. The van der Waals surface area contributed by atoms with E-state index in [0.29, 0.717) is 6.54 Å². The van der Waals surface area contributed by atoms with Gasteiger partial charge in [0.25, 0.3) is 0 Å². The van der Waals surface area contributed by atoms with Crippen LogP contribution in [0.2, 0.25) is 0 Å². The molecule has 0 atom stereocenters. The zero-order valence-electron chi connectivity index (χ0n) is 14.0. The van der Waals surface area contributed by atoms with E-state index in [0.717, 1.165) is 46.1 Å². The molecule has 0 aliphatic heterocycles. The fourth-order valence-corrected chi connectivity index (χ4v) is 3.86. The third-order valence-corrected chi connectivity index (χ3v) is 5.64. The van der Waals surface area contributed by atoms with E-state index < -0.39 is 0 Å². The highest BCUT2D eigenvalue weighted by molar-refractivity contribution is 7.22. The predicted octanol–water partition coefficient (Wildman–Crippen LogP) is 4.03. The van der Waals surface area contributed by atoms with Gasteiger partial charge < -0.3 is 4.74 Å². The van der Waals surface area contributed by atoms with Crippen LogP contribution in [0.25, 0.3) is 10.2 Å². The zero-order chi connectivity index (χ0) is 17.2. The number of amides is 1. The molecule has 5 nitrogen and oxygen atoms in total. The second kappa shape index (κ2) is 6.80. The zero-order valence-corrected chi connectivity index (χ0v) is 14.8. The lowest BCUT2D eigenvalue weighted by molar-refractivity contribution is -0.124. The SMILES string of the molecule is COc1ccc2sc(N(Cc3ccccn3)C(=O)C3CCC3)nc2c1. The van der Waals surface area contributed by atoms with Gasteiger partial charge in [-0.25, -0.2) is 4.98 Å². The average Bonchev–Trinajstić information content (AvgIpc) is 3.01. The van der Waals surface area contributed by atoms with Crippen LogP contribution in [0.5, 0.6) is 5.75 Å². The first-order chi connectivity index (χ1) is 12.2. The minimum atomic E-state index is 0.116. The van der Waals surface area contributed by atoms with E-state index in [2.05, 4.69) is 4.98 Å². The number of fused-ring (bicyclic) bond motifs is 1. The van der Waals surface area contributed by atoms with Crippen molar-refractivity contribution in [3.63, 3.8) is 0 Å². The number of methoxy groups -OCH3 is 1. The van der Waals surface area contributed by atoms with Gasteiger partial charge in [0.15, 0.2) is 5.13 Å². The lowest BCUT2D eigenvalue weighted by Crippen LogP contribution is -2.38. The van der Waals surface area contributed by atoms with Crippen LogP contribution in [0.3, 0.4) is 0 Å². The van der Waals surface area contributed by atoms with Crippen LogP contribution in [-0.2, 0) is 11.3 Å². The lowest BCUT2D eigenvalue weighted by Gasteiger charge is -2.30. The van der Waals surface area contributed by atoms with Crippen molar-refractivity contribution in [2.75, 3.05) is 12.0 Å². The molecular weight excluding hydrogens is 334 g/mol. The summed E-state index contributed by atoms with van der Waals surface area (Å²) in [6.45, 7) is 0.452. The molecule has 1 aromatic carbocycles. The Hall–Kier alpha value is -2.47. The van der Waals surface area contributed by atoms with Crippen molar-refractivity contribution in [1.82, 2.24) is 9.97 Å². The molecule has 1 amide bonds. The number of anilines is 1. The Morgan fingerprint density at radius 2 is 2.20 bits per heavy atom. The first-order valence-electron chi connectivity index (χ1n) is 8.40. The fourth-order valence-electron chi connectivity index (χ4n) is 2.91. The van der Waals surface area contributed by atoms with E-state index >= 15 is 0 Å². The van der Waals surface area contributed by atoms with Crippen LogP contribution < -0.4 is 9.64 Å². The molecule has 0 N–H and O–H groups in total. The van der Waals surface area contributed by atoms with Gasteiger partial charge >= 0.3 is 0 Å². The Bertz CT molecular complexity index is 890. The molecule has 128 valence electrons. The average molecular weight is 353 g/mol. The minimum absolute atomic E-state index is 0.116. The van der Waals surface area contributed by atoms with Gasteiger partial charge in [-0.2, -0.15) is 0 Å². The third kappa shape index (κ3) is 3.22. The van der Waals surface area contributed by atoms with Crippen molar-refractivity contribution >= 4 is 32.6 Å². The summed E-state index contributed by atoms with van der Waals surface area (Å²) in [4.78, 5) is 23.8. The van der Waals surface area contributed by atoms with Crippen LogP contribution in [-0.4, -0.2) is 23.0 Å². The summed E-state index contributed by atoms with van der Waals surface area (Å²) in [5.41, 5.74) is 1.72. The van der Waals surface area contributed by atoms with Crippen molar-refractivity contribution in [2.45, 2.75) is 25.8 Å². The minimum Gasteiger partial charge on any atom is -0.497 e. The second-order valence-electron chi connectivity index (χ2n) is 6.20. The molecule has 2 aromatic heterocycles. The van der Waals surface area contributed by atoms with Gasteiger partial charge in [-0.05, 0) is 37.1 Å². The van der Waals surface area contributed by atoms with E-state index in [1.165, 1.54) is 11.3 Å². The largest absolute Gasteiger partial charge is 0.497 e. The number of ether oxygens (including phenoxy) is 1. The molecule has 0 spiro atoms. The Balaban J connectivity index is 1.70. The first kappa shape index (κ1) is 16.0. The van der Waals surface area contributed by atoms with Gasteiger partial charge in [0, 0.05) is 18.2 Å². The van der Waals surface area contributed by atoms with E-state index in [4.69, 9.17) is 9.72 Å². The Kier molecular flexibility index (Phi) is 4.36. The smallest absolute Gasteiger partial charge is 0.232 e. The van der Waals surface area contributed by atoms with Crippen LogP contribution in [0.15, 0.2) is 42.6 Å². The molecule has 1 saturated carbocycles. The number of benzene rings is 1. The molecule has 1 aliphatic carbocycles. The topological polar surface area (TPSA) is 55.3 Å². The highest BCUT2D eigenvalue weighted by atomic mass is 32.1. The van der Waals surface area contributed by atoms with Crippen molar-refractivity contribution in [2.24, 2.45) is 5.92 Å². The highest BCUT2D eigenvalue weighted by Crippen LogP contribution is 2.35. The van der Waals surface area contributed by atoms with Gasteiger partial charge in [0.1, 0.15) is 5.75 Å². The van der Waals surface area contributed by atoms with Gasteiger partial charge in [-0.1, -0.05) is 23.8 Å². The lowest BCUT2D eigenvalue weighted by atomic mass is 9.84. The van der Waals surface area contributed by atoms with Crippen LogP contribution >= 0.6 is 11.3 Å². The normalized spacial score (nSPS) is 14.3. The van der Waals surface area contributed by atoms with Gasteiger partial charge in [-0.15, -0.1) is 0 Å². The number of nitrogens with zero attached hydrogens (tertiary/aromatic N) is 3. The third-order valence-electron chi connectivity index (χ3n) is 4.58. The van der Waals surface area contributed by atoms with Crippen molar-refractivity contribution < 1.29 is 9.53 Å². The summed E-state index contributed by atoms with van der Waals surface area (Å²) >= 11 is 1.53. The fraction of sp³-hybridized carbons (Fsp3) is 0.316. The van der Waals surface area contributed by atoms with E-state index in [1.54, 1.807) is 18.2 Å². The first-order valence-corrected chi connectivity index (χ1v) is 9.22. The number of hydrogen-bond donors (Lipinski definition) is 0.